The molecular weight excluding hydrogens is 212 g/mol. The number of hydrogen-bond donors (Lipinski definition) is 3. The highest BCUT2D eigenvalue weighted by Crippen LogP contribution is 2.14. The molecule has 0 aliphatic rings. The summed E-state index contributed by atoms with van der Waals surface area (Å²) in [5.41, 5.74) is 6.58. The zero-order valence-electron chi connectivity index (χ0n) is 8.23. The summed E-state index contributed by atoms with van der Waals surface area (Å²) in [5.74, 6) is -0.487. The van der Waals surface area contributed by atoms with Gasteiger partial charge in [-0.1, -0.05) is 24.4 Å². The molecule has 1 rings (SSSR count). The maximum absolute atomic E-state index is 11.2. The summed E-state index contributed by atoms with van der Waals surface area (Å²) in [4.78, 5) is 11.4. The Hall–Kier alpha value is -1.46. The number of anilines is 1. The van der Waals surface area contributed by atoms with Crippen molar-refractivity contribution in [1.82, 2.24) is 0 Å². The van der Waals surface area contributed by atoms with Crippen LogP contribution in [0.3, 0.4) is 0 Å². The van der Waals surface area contributed by atoms with E-state index in [1.54, 1.807) is 24.3 Å². The van der Waals surface area contributed by atoms with Crippen LogP contribution in [-0.4, -0.2) is 22.1 Å². The standard InChI is InChI=1S/C10H12N2O2S/c1-6(13)10(14)12-8-5-3-2-4-7(8)9(11)15/h2-6,13H,1H3,(H2,11,15)(H,12,14). The molecule has 1 unspecified atom stereocenters. The maximum atomic E-state index is 11.2. The lowest BCUT2D eigenvalue weighted by molar-refractivity contribution is -0.123. The molecule has 1 atom stereocenters. The minimum Gasteiger partial charge on any atom is -0.389 e. The first-order valence-corrected chi connectivity index (χ1v) is 4.81. The van der Waals surface area contributed by atoms with Crippen molar-refractivity contribution < 1.29 is 9.90 Å². The molecule has 5 heteroatoms. The van der Waals surface area contributed by atoms with E-state index in [0.717, 1.165) is 0 Å². The van der Waals surface area contributed by atoms with E-state index in [2.05, 4.69) is 5.32 Å². The van der Waals surface area contributed by atoms with E-state index in [4.69, 9.17) is 23.1 Å². The highest BCUT2D eigenvalue weighted by Gasteiger charge is 2.11. The van der Waals surface area contributed by atoms with E-state index in [9.17, 15) is 4.79 Å². The van der Waals surface area contributed by atoms with Gasteiger partial charge in [-0.2, -0.15) is 0 Å². The molecule has 0 heterocycles. The highest BCUT2D eigenvalue weighted by atomic mass is 32.1. The van der Waals surface area contributed by atoms with E-state index >= 15 is 0 Å². The average molecular weight is 224 g/mol. The Bertz CT molecular complexity index is 391. The second-order valence-corrected chi connectivity index (χ2v) is 3.51. The molecule has 1 amide bonds. The molecule has 0 aromatic heterocycles. The van der Waals surface area contributed by atoms with E-state index in [0.29, 0.717) is 11.3 Å². The van der Waals surface area contributed by atoms with Crippen LogP contribution < -0.4 is 11.1 Å². The summed E-state index contributed by atoms with van der Waals surface area (Å²) < 4.78 is 0. The smallest absolute Gasteiger partial charge is 0.252 e. The molecule has 0 bridgehead atoms. The van der Waals surface area contributed by atoms with Gasteiger partial charge in [-0.05, 0) is 19.1 Å². The summed E-state index contributed by atoms with van der Waals surface area (Å²) in [6.07, 6.45) is -1.07. The fourth-order valence-corrected chi connectivity index (χ4v) is 1.22. The molecule has 0 aliphatic heterocycles. The van der Waals surface area contributed by atoms with Gasteiger partial charge in [0.25, 0.3) is 5.91 Å². The van der Waals surface area contributed by atoms with Gasteiger partial charge >= 0.3 is 0 Å². The fraction of sp³-hybridized carbons (Fsp3) is 0.200. The van der Waals surface area contributed by atoms with Gasteiger partial charge in [-0.3, -0.25) is 4.79 Å². The third kappa shape index (κ3) is 3.00. The molecule has 0 aliphatic carbocycles. The summed E-state index contributed by atoms with van der Waals surface area (Å²) in [5, 5.41) is 11.6. The lowest BCUT2D eigenvalue weighted by Crippen LogP contribution is -2.26. The van der Waals surface area contributed by atoms with Gasteiger partial charge in [0.15, 0.2) is 0 Å². The van der Waals surface area contributed by atoms with Crippen LogP contribution in [-0.2, 0) is 4.79 Å². The largest absolute Gasteiger partial charge is 0.389 e. The van der Waals surface area contributed by atoms with Crippen LogP contribution in [0, 0.1) is 0 Å². The van der Waals surface area contributed by atoms with Crippen LogP contribution in [0.25, 0.3) is 0 Å². The molecule has 1 aromatic rings. The minimum atomic E-state index is -1.07. The topological polar surface area (TPSA) is 75.3 Å². The predicted molar refractivity (Wildman–Crippen MR) is 62.6 cm³/mol. The number of carbonyl (C=O) groups excluding carboxylic acids is 1. The summed E-state index contributed by atoms with van der Waals surface area (Å²) in [6, 6.07) is 6.90. The molecule has 80 valence electrons. The molecule has 0 saturated heterocycles. The van der Waals surface area contributed by atoms with Gasteiger partial charge in [0.2, 0.25) is 0 Å². The first-order valence-electron chi connectivity index (χ1n) is 4.40. The van der Waals surface area contributed by atoms with Crippen molar-refractivity contribution in [2.45, 2.75) is 13.0 Å². The number of thiocarbonyl (C=S) groups is 1. The predicted octanol–water partition coefficient (Wildman–Crippen LogP) is 0.640. The summed E-state index contributed by atoms with van der Waals surface area (Å²) in [7, 11) is 0. The van der Waals surface area contributed by atoms with E-state index in [1.165, 1.54) is 6.92 Å². The minimum absolute atomic E-state index is 0.205. The number of nitrogens with one attached hydrogen (secondary N) is 1. The molecule has 4 N–H and O–H groups in total. The van der Waals surface area contributed by atoms with Crippen LogP contribution in [0.1, 0.15) is 12.5 Å². The van der Waals surface area contributed by atoms with Crippen molar-refractivity contribution in [3.05, 3.63) is 29.8 Å². The number of amides is 1. The second kappa shape index (κ2) is 4.86. The van der Waals surface area contributed by atoms with Crippen LogP contribution in [0.15, 0.2) is 24.3 Å². The quantitative estimate of drug-likeness (QED) is 0.659. The molecule has 4 nitrogen and oxygen atoms in total. The highest BCUT2D eigenvalue weighted by molar-refractivity contribution is 7.80. The van der Waals surface area contributed by atoms with Gasteiger partial charge in [-0.25, -0.2) is 0 Å². The van der Waals surface area contributed by atoms with Gasteiger partial charge in [0.05, 0.1) is 5.69 Å². The SMILES string of the molecule is CC(O)C(=O)Nc1ccccc1C(N)=S. The average Bonchev–Trinajstić information content (AvgIpc) is 2.18. The maximum Gasteiger partial charge on any atom is 0.252 e. The Balaban J connectivity index is 2.94. The first-order chi connectivity index (χ1) is 7.02. The van der Waals surface area contributed by atoms with Crippen molar-refractivity contribution >= 4 is 28.8 Å². The van der Waals surface area contributed by atoms with Gasteiger partial charge in [0.1, 0.15) is 11.1 Å². The normalized spacial score (nSPS) is 11.9. The number of para-hydroxylation sites is 1. The number of hydrogen-bond acceptors (Lipinski definition) is 3. The molecule has 0 spiro atoms. The van der Waals surface area contributed by atoms with Crippen molar-refractivity contribution in [3.8, 4) is 0 Å². The van der Waals surface area contributed by atoms with E-state index < -0.39 is 12.0 Å². The Morgan fingerprint density at radius 1 is 1.53 bits per heavy atom. The van der Waals surface area contributed by atoms with Crippen LogP contribution >= 0.6 is 12.2 Å². The fourth-order valence-electron chi connectivity index (χ4n) is 1.04. The lowest BCUT2D eigenvalue weighted by atomic mass is 10.1. The van der Waals surface area contributed by atoms with Gasteiger partial charge in [-0.15, -0.1) is 0 Å². The van der Waals surface area contributed by atoms with Crippen molar-refractivity contribution in [2.24, 2.45) is 5.73 Å². The number of aliphatic hydroxyl groups excluding tert-OH is 1. The number of carbonyl (C=O) groups is 1. The summed E-state index contributed by atoms with van der Waals surface area (Å²) in [6.45, 7) is 1.39. The number of nitrogens with two attached hydrogens (primary N) is 1. The van der Waals surface area contributed by atoms with Crippen molar-refractivity contribution in [3.63, 3.8) is 0 Å². The molecule has 0 saturated carbocycles. The molecule has 0 fully saturated rings. The Labute approximate surface area is 93.1 Å². The molecule has 1 aromatic carbocycles. The second-order valence-electron chi connectivity index (χ2n) is 3.08. The van der Waals surface area contributed by atoms with Gasteiger partial charge < -0.3 is 16.2 Å². The van der Waals surface area contributed by atoms with Crippen LogP contribution in [0.5, 0.6) is 0 Å². The number of rotatable bonds is 3. The van der Waals surface area contributed by atoms with Crippen molar-refractivity contribution in [2.75, 3.05) is 5.32 Å². The Morgan fingerprint density at radius 3 is 2.67 bits per heavy atom. The number of aliphatic hydroxyl groups is 1. The van der Waals surface area contributed by atoms with Gasteiger partial charge in [0, 0.05) is 5.56 Å². The van der Waals surface area contributed by atoms with Crippen LogP contribution in [0.2, 0.25) is 0 Å². The molecule has 0 radical (unpaired) electrons. The molecular formula is C10H12N2O2S. The Morgan fingerprint density at radius 2 is 2.13 bits per heavy atom. The Kier molecular flexibility index (Phi) is 3.76. The van der Waals surface area contributed by atoms with Crippen LogP contribution in [0.4, 0.5) is 5.69 Å². The molecule has 15 heavy (non-hydrogen) atoms. The zero-order chi connectivity index (χ0) is 11.4. The van der Waals surface area contributed by atoms with Crippen molar-refractivity contribution in [1.29, 1.82) is 0 Å². The van der Waals surface area contributed by atoms with E-state index in [1.807, 2.05) is 0 Å². The third-order valence-corrected chi connectivity index (χ3v) is 2.05. The zero-order valence-corrected chi connectivity index (χ0v) is 9.04. The first kappa shape index (κ1) is 11.6. The number of benzene rings is 1. The summed E-state index contributed by atoms with van der Waals surface area (Å²) >= 11 is 4.83. The monoisotopic (exact) mass is 224 g/mol. The van der Waals surface area contributed by atoms with E-state index in [-0.39, 0.29) is 4.99 Å². The lowest BCUT2D eigenvalue weighted by Gasteiger charge is -2.10. The third-order valence-electron chi connectivity index (χ3n) is 1.83.